The van der Waals surface area contributed by atoms with Crippen LogP contribution in [0.1, 0.15) is 11.5 Å². The van der Waals surface area contributed by atoms with E-state index in [0.717, 1.165) is 0 Å². The highest BCUT2D eigenvalue weighted by Crippen LogP contribution is 2.36. The monoisotopic (exact) mass is 292 g/mol. The van der Waals surface area contributed by atoms with Gasteiger partial charge in [0.1, 0.15) is 0 Å². The topological polar surface area (TPSA) is 0 Å². The number of hydrogen-bond donors (Lipinski definition) is 0. The molecule has 0 amide bonds. The molecule has 5 rings (SSSR count). The lowest BCUT2D eigenvalue weighted by Gasteiger charge is -2.14. The fourth-order valence-electron chi connectivity index (χ4n) is 3.75. The Morgan fingerprint density at radius 1 is 0.565 bits per heavy atom. The molecule has 4 aromatic carbocycles. The minimum Gasteiger partial charge on any atom is -0.0732 e. The van der Waals surface area contributed by atoms with Crippen LogP contribution in [0.2, 0.25) is 0 Å². The van der Waals surface area contributed by atoms with Gasteiger partial charge in [0.25, 0.3) is 0 Å². The maximum absolute atomic E-state index is 2.35. The van der Waals surface area contributed by atoms with E-state index in [0.29, 0.717) is 5.92 Å². The van der Waals surface area contributed by atoms with Gasteiger partial charge in [-0.3, -0.25) is 0 Å². The molecular weight excluding hydrogens is 276 g/mol. The lowest BCUT2D eigenvalue weighted by atomic mass is 9.90. The van der Waals surface area contributed by atoms with E-state index in [4.69, 9.17) is 0 Å². The molecule has 0 heterocycles. The van der Waals surface area contributed by atoms with Crippen molar-refractivity contribution in [3.63, 3.8) is 0 Å². The number of fused-ring (bicyclic) bond motifs is 4. The first-order chi connectivity index (χ1) is 11.4. The standard InChI is InChI=1S/C23H16/c1-2-7-16(6-1)21-11-5-10-17-12-13-20-14-18-8-3-4-9-19(18)15-22(20)23(17)21/h1-16H. The van der Waals surface area contributed by atoms with Crippen LogP contribution in [0.5, 0.6) is 0 Å². The lowest BCUT2D eigenvalue weighted by molar-refractivity contribution is 1.13. The molecule has 0 nitrogen and oxygen atoms in total. The summed E-state index contributed by atoms with van der Waals surface area (Å²) in [5.74, 6) is 0.385. The van der Waals surface area contributed by atoms with Crippen molar-refractivity contribution in [3.05, 3.63) is 96.6 Å². The van der Waals surface area contributed by atoms with E-state index >= 15 is 0 Å². The second kappa shape index (κ2) is 4.82. The minimum atomic E-state index is 0.385. The zero-order chi connectivity index (χ0) is 15.2. The Bertz CT molecular complexity index is 1100. The maximum atomic E-state index is 2.35. The predicted molar refractivity (Wildman–Crippen MR) is 100.0 cm³/mol. The van der Waals surface area contributed by atoms with Crippen LogP contribution in [0.3, 0.4) is 0 Å². The average Bonchev–Trinajstić information content (AvgIpc) is 3.14. The van der Waals surface area contributed by atoms with Crippen molar-refractivity contribution in [2.75, 3.05) is 0 Å². The molecule has 0 unspecified atom stereocenters. The van der Waals surface area contributed by atoms with Crippen LogP contribution in [0.4, 0.5) is 0 Å². The van der Waals surface area contributed by atoms with Crippen LogP contribution >= 0.6 is 0 Å². The van der Waals surface area contributed by atoms with Gasteiger partial charge in [0.2, 0.25) is 0 Å². The number of rotatable bonds is 1. The van der Waals surface area contributed by atoms with Crippen LogP contribution in [0, 0.1) is 0 Å². The van der Waals surface area contributed by atoms with Gasteiger partial charge in [-0.1, -0.05) is 78.9 Å². The summed E-state index contributed by atoms with van der Waals surface area (Å²) in [6, 6.07) is 24.4. The summed E-state index contributed by atoms with van der Waals surface area (Å²) in [6.07, 6.45) is 8.83. The Hall–Kier alpha value is -2.86. The molecule has 4 aromatic rings. The second-order valence-corrected chi connectivity index (χ2v) is 6.23. The Labute approximate surface area is 135 Å². The second-order valence-electron chi connectivity index (χ2n) is 6.23. The van der Waals surface area contributed by atoms with Gasteiger partial charge in [0.05, 0.1) is 0 Å². The van der Waals surface area contributed by atoms with Crippen molar-refractivity contribution < 1.29 is 0 Å². The molecule has 23 heavy (non-hydrogen) atoms. The quantitative estimate of drug-likeness (QED) is 0.283. The van der Waals surface area contributed by atoms with Crippen LogP contribution in [0.15, 0.2) is 91.0 Å². The van der Waals surface area contributed by atoms with E-state index in [1.165, 1.54) is 37.9 Å². The third kappa shape index (κ3) is 1.92. The fraction of sp³-hybridized carbons (Fsp3) is 0.0435. The number of allylic oxidation sites excluding steroid dienone is 4. The third-order valence-corrected chi connectivity index (χ3v) is 4.87. The minimum absolute atomic E-state index is 0.385. The zero-order valence-corrected chi connectivity index (χ0v) is 12.7. The first kappa shape index (κ1) is 12.7. The molecule has 0 spiro atoms. The molecule has 0 N–H and O–H groups in total. The van der Waals surface area contributed by atoms with Gasteiger partial charge in [-0.05, 0) is 50.0 Å². The first-order valence-corrected chi connectivity index (χ1v) is 8.09. The summed E-state index contributed by atoms with van der Waals surface area (Å²) in [4.78, 5) is 0. The summed E-state index contributed by atoms with van der Waals surface area (Å²) in [5.41, 5.74) is 1.40. The van der Waals surface area contributed by atoms with E-state index < -0.39 is 0 Å². The largest absolute Gasteiger partial charge is 0.0732 e. The van der Waals surface area contributed by atoms with Crippen molar-refractivity contribution in [1.29, 1.82) is 0 Å². The van der Waals surface area contributed by atoms with Gasteiger partial charge in [-0.25, -0.2) is 0 Å². The smallest absolute Gasteiger partial charge is 0.0211 e. The van der Waals surface area contributed by atoms with Gasteiger partial charge in [0, 0.05) is 5.92 Å². The highest BCUT2D eigenvalue weighted by molar-refractivity contribution is 6.13. The SMILES string of the molecule is C1=CC(c2cccc3ccc4cc5ccccc5cc4c23)C=C1. The molecule has 0 aliphatic heterocycles. The number of hydrogen-bond acceptors (Lipinski definition) is 0. The highest BCUT2D eigenvalue weighted by Gasteiger charge is 2.13. The van der Waals surface area contributed by atoms with E-state index in [1.807, 2.05) is 0 Å². The summed E-state index contributed by atoms with van der Waals surface area (Å²) in [5, 5.41) is 7.98. The summed E-state index contributed by atoms with van der Waals surface area (Å²) >= 11 is 0. The Balaban J connectivity index is 1.95. The van der Waals surface area contributed by atoms with Gasteiger partial charge in [0.15, 0.2) is 0 Å². The molecule has 0 heteroatoms. The van der Waals surface area contributed by atoms with Crippen molar-refractivity contribution in [2.45, 2.75) is 5.92 Å². The van der Waals surface area contributed by atoms with Gasteiger partial charge in [-0.15, -0.1) is 0 Å². The Kier molecular flexibility index (Phi) is 2.65. The van der Waals surface area contributed by atoms with E-state index in [1.54, 1.807) is 0 Å². The normalized spacial score (nSPS) is 14.4. The van der Waals surface area contributed by atoms with E-state index in [-0.39, 0.29) is 0 Å². The van der Waals surface area contributed by atoms with Crippen LogP contribution < -0.4 is 0 Å². The Morgan fingerprint density at radius 3 is 2.09 bits per heavy atom. The molecule has 0 bridgehead atoms. The zero-order valence-electron chi connectivity index (χ0n) is 12.7. The maximum Gasteiger partial charge on any atom is 0.0211 e. The third-order valence-electron chi connectivity index (χ3n) is 4.87. The summed E-state index contributed by atoms with van der Waals surface area (Å²) in [7, 11) is 0. The molecular formula is C23H16. The number of benzene rings is 4. The predicted octanol–water partition coefficient (Wildman–Crippen LogP) is 6.36. The van der Waals surface area contributed by atoms with E-state index in [2.05, 4.69) is 91.0 Å². The molecule has 0 atom stereocenters. The van der Waals surface area contributed by atoms with Crippen LogP contribution in [-0.2, 0) is 0 Å². The molecule has 0 radical (unpaired) electrons. The van der Waals surface area contributed by atoms with E-state index in [9.17, 15) is 0 Å². The lowest BCUT2D eigenvalue weighted by Crippen LogP contribution is -1.92. The molecule has 1 aliphatic carbocycles. The Morgan fingerprint density at radius 2 is 1.26 bits per heavy atom. The van der Waals surface area contributed by atoms with Crippen molar-refractivity contribution in [1.82, 2.24) is 0 Å². The van der Waals surface area contributed by atoms with Crippen LogP contribution in [-0.4, -0.2) is 0 Å². The fourth-order valence-corrected chi connectivity index (χ4v) is 3.75. The molecule has 108 valence electrons. The molecule has 0 aromatic heterocycles. The summed E-state index contributed by atoms with van der Waals surface area (Å²) < 4.78 is 0. The van der Waals surface area contributed by atoms with Crippen LogP contribution in [0.25, 0.3) is 32.3 Å². The molecule has 0 saturated heterocycles. The average molecular weight is 292 g/mol. The summed E-state index contributed by atoms with van der Waals surface area (Å²) in [6.45, 7) is 0. The highest BCUT2D eigenvalue weighted by atomic mass is 14.2. The van der Waals surface area contributed by atoms with Crippen molar-refractivity contribution >= 4 is 32.3 Å². The van der Waals surface area contributed by atoms with Gasteiger partial charge >= 0.3 is 0 Å². The van der Waals surface area contributed by atoms with Gasteiger partial charge in [-0.2, -0.15) is 0 Å². The molecule has 1 aliphatic rings. The first-order valence-electron chi connectivity index (χ1n) is 8.09. The van der Waals surface area contributed by atoms with Crippen molar-refractivity contribution in [3.8, 4) is 0 Å². The molecule has 0 fully saturated rings. The van der Waals surface area contributed by atoms with Gasteiger partial charge < -0.3 is 0 Å². The van der Waals surface area contributed by atoms with Crippen molar-refractivity contribution in [2.24, 2.45) is 0 Å². The molecule has 0 saturated carbocycles.